The third-order valence-corrected chi connectivity index (χ3v) is 2.66. The van der Waals surface area contributed by atoms with Crippen molar-refractivity contribution >= 4 is 31.2 Å². The molecule has 0 N–H and O–H groups in total. The van der Waals surface area contributed by atoms with E-state index in [4.69, 9.17) is 4.74 Å². The van der Waals surface area contributed by atoms with Gasteiger partial charge in [-0.1, -0.05) is 25.7 Å². The summed E-state index contributed by atoms with van der Waals surface area (Å²) >= 11 is 8.15. The molecule has 0 saturated carbocycles. The van der Waals surface area contributed by atoms with Gasteiger partial charge in [0.1, 0.15) is 0 Å². The number of ether oxygens (including phenoxy) is 1. The Balaban J connectivity index is 3.08. The molecule has 2 nitrogen and oxygen atoms in total. The molecule has 0 amide bonds. The van der Waals surface area contributed by atoms with Crippen molar-refractivity contribution in [3.05, 3.63) is 0 Å². The fraction of sp³-hybridized carbons (Fsp3) is 0.909. The topological polar surface area (TPSA) is 26.3 Å². The summed E-state index contributed by atoms with van der Waals surface area (Å²) in [6.07, 6.45) is 7.05. The first kappa shape index (κ1) is 15.2. The first-order chi connectivity index (χ1) is 7.18. The minimum Gasteiger partial charge on any atom is -0.465 e. The van der Waals surface area contributed by atoms with Crippen molar-refractivity contribution < 1.29 is 9.53 Å². The zero-order chi connectivity index (χ0) is 11.5. The van der Waals surface area contributed by atoms with Crippen molar-refractivity contribution in [1.29, 1.82) is 0 Å². The van der Waals surface area contributed by atoms with Crippen LogP contribution >= 0.6 is 25.3 Å². The van der Waals surface area contributed by atoms with Crippen LogP contribution in [0, 0.1) is 0 Å². The van der Waals surface area contributed by atoms with Crippen molar-refractivity contribution in [3.63, 3.8) is 0 Å². The van der Waals surface area contributed by atoms with E-state index < -0.39 is 0 Å². The number of hydrogen-bond acceptors (Lipinski definition) is 4. The van der Waals surface area contributed by atoms with E-state index in [0.29, 0.717) is 6.61 Å². The van der Waals surface area contributed by atoms with Gasteiger partial charge in [0, 0.05) is 0 Å². The van der Waals surface area contributed by atoms with Gasteiger partial charge in [0.05, 0.1) is 11.9 Å². The van der Waals surface area contributed by atoms with Gasteiger partial charge in [0.15, 0.2) is 0 Å². The fourth-order valence-corrected chi connectivity index (χ4v) is 1.51. The molecule has 0 aromatic carbocycles. The van der Waals surface area contributed by atoms with E-state index in [2.05, 4.69) is 25.3 Å². The smallest absolute Gasteiger partial charge is 0.318 e. The lowest BCUT2D eigenvalue weighted by molar-refractivity contribution is -0.142. The summed E-state index contributed by atoms with van der Waals surface area (Å²) in [7, 11) is 0. The number of rotatable bonds is 9. The lowest BCUT2D eigenvalue weighted by Gasteiger charge is -2.06. The molecular weight excluding hydrogens is 228 g/mol. The monoisotopic (exact) mass is 250 g/mol. The van der Waals surface area contributed by atoms with E-state index in [-0.39, 0.29) is 11.2 Å². The molecule has 0 saturated heterocycles. The van der Waals surface area contributed by atoms with Gasteiger partial charge < -0.3 is 4.74 Å². The number of thiol groups is 2. The molecule has 1 atom stereocenters. The van der Waals surface area contributed by atoms with E-state index >= 15 is 0 Å². The van der Waals surface area contributed by atoms with Crippen molar-refractivity contribution in [3.8, 4) is 0 Å². The number of esters is 1. The van der Waals surface area contributed by atoms with Gasteiger partial charge in [-0.3, -0.25) is 4.79 Å². The molecular formula is C11H22O2S2. The highest BCUT2D eigenvalue weighted by molar-refractivity contribution is 7.81. The molecule has 90 valence electrons. The molecule has 4 heteroatoms. The Kier molecular flexibility index (Phi) is 10.8. The molecule has 0 aromatic heterocycles. The Labute approximate surface area is 104 Å². The van der Waals surface area contributed by atoms with Gasteiger partial charge in [0.2, 0.25) is 0 Å². The Morgan fingerprint density at radius 1 is 1.13 bits per heavy atom. The number of carbonyl (C=O) groups is 1. The minimum atomic E-state index is -0.305. The second-order valence-corrected chi connectivity index (χ2v) is 4.91. The lowest BCUT2D eigenvalue weighted by atomic mass is 10.1. The quantitative estimate of drug-likeness (QED) is 0.374. The van der Waals surface area contributed by atoms with E-state index in [0.717, 1.165) is 18.6 Å². The summed E-state index contributed by atoms with van der Waals surface area (Å²) in [5, 5.41) is -0.305. The summed E-state index contributed by atoms with van der Waals surface area (Å²) in [6, 6.07) is 0. The van der Waals surface area contributed by atoms with Crippen LogP contribution in [0.1, 0.15) is 45.4 Å². The number of hydrogen-bond donors (Lipinski definition) is 2. The van der Waals surface area contributed by atoms with E-state index in [1.807, 2.05) is 0 Å². The van der Waals surface area contributed by atoms with Crippen molar-refractivity contribution in [2.75, 3.05) is 12.4 Å². The van der Waals surface area contributed by atoms with Crippen LogP contribution in [0.25, 0.3) is 0 Å². The fourth-order valence-electron chi connectivity index (χ4n) is 1.21. The predicted molar refractivity (Wildman–Crippen MR) is 71.0 cm³/mol. The van der Waals surface area contributed by atoms with E-state index in [9.17, 15) is 4.79 Å². The maximum absolute atomic E-state index is 11.0. The summed E-state index contributed by atoms with van der Waals surface area (Å²) in [6.45, 7) is 2.26. The average Bonchev–Trinajstić information content (AvgIpc) is 2.21. The molecule has 0 aromatic rings. The van der Waals surface area contributed by atoms with Gasteiger partial charge in [-0.2, -0.15) is 25.3 Å². The van der Waals surface area contributed by atoms with Gasteiger partial charge in [-0.15, -0.1) is 0 Å². The maximum Gasteiger partial charge on any atom is 0.318 e. The van der Waals surface area contributed by atoms with Crippen molar-refractivity contribution in [2.45, 2.75) is 50.7 Å². The standard InChI is InChI=1S/C11H22O2S2/c1-10(15)11(12)13-8-6-4-2-3-5-7-9-14/h10,14-15H,2-9H2,1H3. The van der Waals surface area contributed by atoms with Crippen LogP contribution in [0.5, 0.6) is 0 Å². The van der Waals surface area contributed by atoms with E-state index in [1.54, 1.807) is 6.92 Å². The predicted octanol–water partition coefficient (Wildman–Crippen LogP) is 3.12. The number of unbranched alkanes of at least 4 members (excludes halogenated alkanes) is 5. The first-order valence-electron chi connectivity index (χ1n) is 5.64. The lowest BCUT2D eigenvalue weighted by Crippen LogP contribution is -2.15. The zero-order valence-corrected chi connectivity index (χ0v) is 11.2. The second kappa shape index (κ2) is 10.7. The van der Waals surface area contributed by atoms with Crippen LogP contribution in [0.4, 0.5) is 0 Å². The summed E-state index contributed by atoms with van der Waals surface area (Å²) in [4.78, 5) is 11.0. The molecule has 0 aliphatic heterocycles. The van der Waals surface area contributed by atoms with E-state index in [1.165, 1.54) is 25.7 Å². The Bertz CT molecular complexity index is 161. The highest BCUT2D eigenvalue weighted by atomic mass is 32.1. The highest BCUT2D eigenvalue weighted by Crippen LogP contribution is 2.06. The van der Waals surface area contributed by atoms with Crippen LogP contribution in [0.15, 0.2) is 0 Å². The SMILES string of the molecule is CC(S)C(=O)OCCCCCCCCS. The number of carbonyl (C=O) groups excluding carboxylic acids is 1. The first-order valence-corrected chi connectivity index (χ1v) is 6.79. The maximum atomic E-state index is 11.0. The van der Waals surface area contributed by atoms with Crippen LogP contribution in [0.3, 0.4) is 0 Å². The average molecular weight is 250 g/mol. The summed E-state index contributed by atoms with van der Waals surface area (Å²) < 4.78 is 5.00. The highest BCUT2D eigenvalue weighted by Gasteiger charge is 2.07. The molecule has 0 rings (SSSR count). The van der Waals surface area contributed by atoms with Crippen LogP contribution < -0.4 is 0 Å². The Hall–Kier alpha value is 0.170. The van der Waals surface area contributed by atoms with Gasteiger partial charge >= 0.3 is 5.97 Å². The third kappa shape index (κ3) is 10.5. The minimum absolute atomic E-state index is 0.214. The third-order valence-electron chi connectivity index (χ3n) is 2.14. The Morgan fingerprint density at radius 3 is 2.20 bits per heavy atom. The van der Waals surface area contributed by atoms with Gasteiger partial charge in [0.25, 0.3) is 0 Å². The normalized spacial score (nSPS) is 12.5. The molecule has 0 aliphatic rings. The van der Waals surface area contributed by atoms with Crippen molar-refractivity contribution in [1.82, 2.24) is 0 Å². The molecule has 0 aliphatic carbocycles. The van der Waals surface area contributed by atoms with Gasteiger partial charge in [-0.25, -0.2) is 0 Å². The molecule has 15 heavy (non-hydrogen) atoms. The second-order valence-electron chi connectivity index (χ2n) is 3.69. The molecule has 0 spiro atoms. The molecule has 0 heterocycles. The largest absolute Gasteiger partial charge is 0.465 e. The van der Waals surface area contributed by atoms with Crippen LogP contribution in [0.2, 0.25) is 0 Å². The van der Waals surface area contributed by atoms with Crippen LogP contribution in [-0.4, -0.2) is 23.6 Å². The molecule has 0 fully saturated rings. The van der Waals surface area contributed by atoms with Crippen molar-refractivity contribution in [2.24, 2.45) is 0 Å². The zero-order valence-electron chi connectivity index (χ0n) is 9.45. The summed E-state index contributed by atoms with van der Waals surface area (Å²) in [5.41, 5.74) is 0. The molecule has 1 unspecified atom stereocenters. The molecule has 0 radical (unpaired) electrons. The summed E-state index contributed by atoms with van der Waals surface area (Å²) in [5.74, 6) is 0.769. The molecule has 0 bridgehead atoms. The Morgan fingerprint density at radius 2 is 1.67 bits per heavy atom. The van der Waals surface area contributed by atoms with Crippen LogP contribution in [-0.2, 0) is 9.53 Å². The van der Waals surface area contributed by atoms with Gasteiger partial charge in [-0.05, 0) is 25.5 Å².